The number of hydrogen-bond donors (Lipinski definition) is 2. The van der Waals surface area contributed by atoms with Gasteiger partial charge in [-0.05, 0) is 48.4 Å². The van der Waals surface area contributed by atoms with Crippen LogP contribution < -0.4 is 15.8 Å². The van der Waals surface area contributed by atoms with Crippen molar-refractivity contribution in [1.29, 1.82) is 0 Å². The second-order valence-corrected chi connectivity index (χ2v) is 8.15. The zero-order valence-electron chi connectivity index (χ0n) is 15.8. The van der Waals surface area contributed by atoms with E-state index in [4.69, 9.17) is 10.5 Å². The molecule has 0 spiro atoms. The van der Waals surface area contributed by atoms with Gasteiger partial charge in [-0.25, -0.2) is 0 Å². The molecular weight excluding hydrogens is 360 g/mol. The molecule has 2 amide bonds. The number of anilines is 1. The van der Waals surface area contributed by atoms with Gasteiger partial charge >= 0.3 is 0 Å². The van der Waals surface area contributed by atoms with Crippen molar-refractivity contribution in [2.24, 2.45) is 11.7 Å². The first-order chi connectivity index (χ1) is 13.0. The minimum absolute atomic E-state index is 0.147. The molecule has 1 aliphatic carbocycles. The Balaban J connectivity index is 1.75. The van der Waals surface area contributed by atoms with Crippen molar-refractivity contribution in [1.82, 2.24) is 0 Å². The number of rotatable bonds is 7. The van der Waals surface area contributed by atoms with E-state index in [0.717, 1.165) is 36.1 Å². The van der Waals surface area contributed by atoms with Crippen LogP contribution in [0.2, 0.25) is 0 Å². The lowest BCUT2D eigenvalue weighted by atomic mass is 9.84. The van der Waals surface area contributed by atoms with Gasteiger partial charge in [0.1, 0.15) is 10.8 Å². The summed E-state index contributed by atoms with van der Waals surface area (Å²) in [6.07, 6.45) is 5.52. The van der Waals surface area contributed by atoms with Crippen LogP contribution in [0, 0.1) is 5.92 Å². The van der Waals surface area contributed by atoms with Crippen molar-refractivity contribution in [2.75, 3.05) is 12.4 Å². The zero-order chi connectivity index (χ0) is 19.4. The number of carbonyl (C=O) groups is 2. The van der Waals surface area contributed by atoms with Gasteiger partial charge in [-0.15, -0.1) is 11.3 Å². The highest BCUT2D eigenvalue weighted by atomic mass is 32.1. The maximum atomic E-state index is 12.5. The van der Waals surface area contributed by atoms with Gasteiger partial charge in [0.05, 0.1) is 19.1 Å². The average molecular weight is 387 g/mol. The summed E-state index contributed by atoms with van der Waals surface area (Å²) >= 11 is 1.51. The van der Waals surface area contributed by atoms with E-state index in [1.165, 1.54) is 29.1 Å². The van der Waals surface area contributed by atoms with Gasteiger partial charge < -0.3 is 15.8 Å². The molecule has 1 aliphatic rings. The molecule has 0 radical (unpaired) electrons. The summed E-state index contributed by atoms with van der Waals surface area (Å²) in [5.41, 5.74) is 8.08. The highest BCUT2D eigenvalue weighted by Crippen LogP contribution is 2.40. The topological polar surface area (TPSA) is 81.4 Å². The first-order valence-corrected chi connectivity index (χ1v) is 10.2. The van der Waals surface area contributed by atoms with E-state index >= 15 is 0 Å². The van der Waals surface area contributed by atoms with E-state index < -0.39 is 5.91 Å². The number of nitrogens with one attached hydrogen (secondary N) is 1. The van der Waals surface area contributed by atoms with Gasteiger partial charge in [0.25, 0.3) is 5.91 Å². The Bertz CT molecular complexity index is 827. The number of carbonyl (C=O) groups excluding carboxylic acids is 2. The molecule has 2 aromatic rings. The number of ether oxygens (including phenoxy) is 1. The standard InChI is InChI=1S/C21H26N2O3S/c1-3-4-13-7-10-16-17(11-13)27-21(19(16)20(22)25)23-18(24)12-14-5-8-15(26-2)9-6-14/h5-6,8-9,13H,3-4,7,10-12H2,1-2H3,(H2,22,25)(H,23,24)/t13-/m1/s1. The maximum absolute atomic E-state index is 12.5. The molecule has 0 fully saturated rings. The van der Waals surface area contributed by atoms with Crippen LogP contribution in [-0.4, -0.2) is 18.9 Å². The number of primary amides is 1. The van der Waals surface area contributed by atoms with Crippen LogP contribution in [0.3, 0.4) is 0 Å². The van der Waals surface area contributed by atoms with E-state index in [-0.39, 0.29) is 12.3 Å². The number of fused-ring (bicyclic) bond motifs is 1. The second-order valence-electron chi connectivity index (χ2n) is 7.04. The van der Waals surface area contributed by atoms with E-state index in [0.29, 0.717) is 16.5 Å². The van der Waals surface area contributed by atoms with Gasteiger partial charge in [0.2, 0.25) is 5.91 Å². The van der Waals surface area contributed by atoms with Crippen molar-refractivity contribution in [2.45, 2.75) is 45.4 Å². The molecule has 6 heteroatoms. The predicted molar refractivity (Wildman–Crippen MR) is 109 cm³/mol. The predicted octanol–water partition coefficient (Wildman–Crippen LogP) is 3.94. The van der Waals surface area contributed by atoms with Crippen LogP contribution in [0.4, 0.5) is 5.00 Å². The number of nitrogens with two attached hydrogens (primary N) is 1. The second kappa shape index (κ2) is 8.57. The molecule has 144 valence electrons. The van der Waals surface area contributed by atoms with Crippen LogP contribution in [0.5, 0.6) is 5.75 Å². The third-order valence-electron chi connectivity index (χ3n) is 5.09. The monoisotopic (exact) mass is 386 g/mol. The van der Waals surface area contributed by atoms with Crippen LogP contribution in [0.1, 0.15) is 52.5 Å². The Labute approximate surface area is 163 Å². The van der Waals surface area contributed by atoms with E-state index in [9.17, 15) is 9.59 Å². The lowest BCUT2D eigenvalue weighted by Crippen LogP contribution is -2.20. The fourth-order valence-electron chi connectivity index (χ4n) is 3.76. The molecule has 1 atom stereocenters. The number of hydrogen-bond acceptors (Lipinski definition) is 4. The molecule has 5 nitrogen and oxygen atoms in total. The lowest BCUT2D eigenvalue weighted by Gasteiger charge is -2.21. The summed E-state index contributed by atoms with van der Waals surface area (Å²) in [6.45, 7) is 2.20. The Kier molecular flexibility index (Phi) is 6.16. The smallest absolute Gasteiger partial charge is 0.251 e. The maximum Gasteiger partial charge on any atom is 0.251 e. The van der Waals surface area contributed by atoms with Crippen LogP contribution in [0.15, 0.2) is 24.3 Å². The highest BCUT2D eigenvalue weighted by Gasteiger charge is 2.28. The molecule has 1 aromatic heterocycles. The van der Waals surface area contributed by atoms with Crippen molar-refractivity contribution < 1.29 is 14.3 Å². The summed E-state index contributed by atoms with van der Waals surface area (Å²) in [5.74, 6) is 0.806. The number of methoxy groups -OCH3 is 1. The van der Waals surface area contributed by atoms with Gasteiger partial charge in [-0.1, -0.05) is 31.9 Å². The zero-order valence-corrected chi connectivity index (χ0v) is 16.7. The molecule has 0 unspecified atom stereocenters. The molecule has 1 aromatic carbocycles. The highest BCUT2D eigenvalue weighted by molar-refractivity contribution is 7.17. The van der Waals surface area contributed by atoms with E-state index in [1.807, 2.05) is 24.3 Å². The first kappa shape index (κ1) is 19.4. The first-order valence-electron chi connectivity index (χ1n) is 9.38. The third kappa shape index (κ3) is 4.50. The molecule has 0 saturated heterocycles. The van der Waals surface area contributed by atoms with Crippen molar-refractivity contribution in [3.05, 3.63) is 45.8 Å². The Morgan fingerprint density at radius 1 is 1.30 bits per heavy atom. The summed E-state index contributed by atoms with van der Waals surface area (Å²) in [4.78, 5) is 25.7. The summed E-state index contributed by atoms with van der Waals surface area (Å²) < 4.78 is 5.13. The number of amides is 2. The normalized spacial score (nSPS) is 15.9. The van der Waals surface area contributed by atoms with Gasteiger partial charge in [0, 0.05) is 4.88 Å². The van der Waals surface area contributed by atoms with Crippen LogP contribution in [-0.2, 0) is 24.1 Å². The Morgan fingerprint density at radius 3 is 2.67 bits per heavy atom. The van der Waals surface area contributed by atoms with Crippen LogP contribution >= 0.6 is 11.3 Å². The summed E-state index contributed by atoms with van der Waals surface area (Å²) in [7, 11) is 1.61. The molecule has 3 rings (SSSR count). The molecule has 27 heavy (non-hydrogen) atoms. The quantitative estimate of drug-likeness (QED) is 0.756. The summed E-state index contributed by atoms with van der Waals surface area (Å²) in [6, 6.07) is 7.38. The van der Waals surface area contributed by atoms with E-state index in [2.05, 4.69) is 12.2 Å². The molecule has 0 aliphatic heterocycles. The Morgan fingerprint density at radius 2 is 2.04 bits per heavy atom. The minimum atomic E-state index is -0.457. The fourth-order valence-corrected chi connectivity index (χ4v) is 5.14. The lowest BCUT2D eigenvalue weighted by molar-refractivity contribution is -0.115. The SMILES string of the molecule is CCC[C@@H]1CCc2c(sc(NC(=O)Cc3ccc(OC)cc3)c2C(N)=O)C1. The molecule has 1 heterocycles. The molecule has 3 N–H and O–H groups in total. The van der Waals surface area contributed by atoms with Gasteiger partial charge in [0.15, 0.2) is 0 Å². The molecule has 0 saturated carbocycles. The van der Waals surface area contributed by atoms with Crippen molar-refractivity contribution >= 4 is 28.2 Å². The van der Waals surface area contributed by atoms with Gasteiger partial charge in [-0.2, -0.15) is 0 Å². The molecular formula is C21H26N2O3S. The third-order valence-corrected chi connectivity index (χ3v) is 6.26. The van der Waals surface area contributed by atoms with Crippen molar-refractivity contribution in [3.63, 3.8) is 0 Å². The number of thiophene rings is 1. The minimum Gasteiger partial charge on any atom is -0.497 e. The summed E-state index contributed by atoms with van der Waals surface area (Å²) in [5, 5.41) is 3.52. The number of benzene rings is 1. The largest absolute Gasteiger partial charge is 0.497 e. The van der Waals surface area contributed by atoms with Crippen LogP contribution in [0.25, 0.3) is 0 Å². The Hall–Kier alpha value is -2.34. The van der Waals surface area contributed by atoms with Gasteiger partial charge in [-0.3, -0.25) is 9.59 Å². The average Bonchev–Trinajstić information content (AvgIpc) is 2.99. The van der Waals surface area contributed by atoms with Crippen molar-refractivity contribution in [3.8, 4) is 5.75 Å². The molecule has 0 bridgehead atoms. The van der Waals surface area contributed by atoms with E-state index in [1.54, 1.807) is 7.11 Å². The fraction of sp³-hybridized carbons (Fsp3) is 0.429.